The summed E-state index contributed by atoms with van der Waals surface area (Å²) in [6.07, 6.45) is -1.31. The molecule has 0 aliphatic carbocycles. The van der Waals surface area contributed by atoms with Crippen LogP contribution in [-0.2, 0) is 14.2 Å². The SMILES string of the molecule is COC1CC(C)(NC(=O)c2ccccc2)C(OC(=O)c2ccccc2)C(C)O1. The molecule has 1 saturated heterocycles. The van der Waals surface area contributed by atoms with E-state index in [0.29, 0.717) is 17.5 Å². The molecule has 2 aromatic carbocycles. The van der Waals surface area contributed by atoms with E-state index >= 15 is 0 Å². The predicted octanol–water partition coefficient (Wildman–Crippen LogP) is 3.18. The lowest BCUT2D eigenvalue weighted by Gasteiger charge is -2.46. The molecule has 1 aliphatic heterocycles. The fourth-order valence-electron chi connectivity index (χ4n) is 3.50. The van der Waals surface area contributed by atoms with Crippen LogP contribution in [0.5, 0.6) is 0 Å². The molecule has 1 heterocycles. The highest BCUT2D eigenvalue weighted by Gasteiger charge is 2.49. The Morgan fingerprint density at radius 2 is 1.61 bits per heavy atom. The summed E-state index contributed by atoms with van der Waals surface area (Å²) in [5, 5.41) is 3.04. The smallest absolute Gasteiger partial charge is 0.338 e. The molecule has 28 heavy (non-hydrogen) atoms. The summed E-state index contributed by atoms with van der Waals surface area (Å²) in [6, 6.07) is 17.7. The van der Waals surface area contributed by atoms with Crippen LogP contribution < -0.4 is 5.32 Å². The van der Waals surface area contributed by atoms with Crippen molar-refractivity contribution in [3.05, 3.63) is 71.8 Å². The van der Waals surface area contributed by atoms with E-state index in [1.165, 1.54) is 0 Å². The minimum atomic E-state index is -0.865. The van der Waals surface area contributed by atoms with Gasteiger partial charge in [-0.25, -0.2) is 4.79 Å². The average molecular weight is 383 g/mol. The highest BCUT2D eigenvalue weighted by atomic mass is 16.7. The Hall–Kier alpha value is -2.70. The van der Waals surface area contributed by atoms with Crippen LogP contribution in [0.1, 0.15) is 41.0 Å². The topological polar surface area (TPSA) is 73.9 Å². The molecular formula is C22H25NO5. The summed E-state index contributed by atoms with van der Waals surface area (Å²) in [7, 11) is 1.55. The van der Waals surface area contributed by atoms with E-state index in [1.54, 1.807) is 62.6 Å². The summed E-state index contributed by atoms with van der Waals surface area (Å²) < 4.78 is 17.0. The van der Waals surface area contributed by atoms with Crippen LogP contribution in [0, 0.1) is 0 Å². The molecular weight excluding hydrogens is 358 g/mol. The number of methoxy groups -OCH3 is 1. The van der Waals surface area contributed by atoms with Crippen molar-refractivity contribution in [1.82, 2.24) is 5.32 Å². The molecule has 6 heteroatoms. The van der Waals surface area contributed by atoms with E-state index in [1.807, 2.05) is 19.1 Å². The molecule has 2 aromatic rings. The molecule has 0 bridgehead atoms. The van der Waals surface area contributed by atoms with Gasteiger partial charge in [-0.15, -0.1) is 0 Å². The lowest BCUT2D eigenvalue weighted by Crippen LogP contribution is -2.64. The Kier molecular flexibility index (Phi) is 6.11. The minimum Gasteiger partial charge on any atom is -0.454 e. The number of carbonyl (C=O) groups excluding carboxylic acids is 2. The first-order chi connectivity index (χ1) is 13.4. The van der Waals surface area contributed by atoms with Crippen molar-refractivity contribution in [3.8, 4) is 0 Å². The summed E-state index contributed by atoms with van der Waals surface area (Å²) in [5.41, 5.74) is 0.112. The van der Waals surface area contributed by atoms with Crippen LogP contribution in [-0.4, -0.2) is 43.0 Å². The van der Waals surface area contributed by atoms with Crippen LogP contribution in [0.2, 0.25) is 0 Å². The van der Waals surface area contributed by atoms with Crippen molar-refractivity contribution in [1.29, 1.82) is 0 Å². The van der Waals surface area contributed by atoms with E-state index in [0.717, 1.165) is 0 Å². The lowest BCUT2D eigenvalue weighted by molar-refractivity contribution is -0.230. The summed E-state index contributed by atoms with van der Waals surface area (Å²) in [6.45, 7) is 3.66. The van der Waals surface area contributed by atoms with Gasteiger partial charge in [-0.1, -0.05) is 36.4 Å². The second-order valence-electron chi connectivity index (χ2n) is 7.14. The van der Waals surface area contributed by atoms with Gasteiger partial charge in [-0.2, -0.15) is 0 Å². The molecule has 0 spiro atoms. The average Bonchev–Trinajstić information content (AvgIpc) is 2.71. The van der Waals surface area contributed by atoms with Crippen molar-refractivity contribution in [2.24, 2.45) is 0 Å². The van der Waals surface area contributed by atoms with Crippen molar-refractivity contribution in [3.63, 3.8) is 0 Å². The number of hydrogen-bond donors (Lipinski definition) is 1. The zero-order valence-corrected chi connectivity index (χ0v) is 16.3. The Labute approximate surface area is 164 Å². The van der Waals surface area contributed by atoms with Crippen molar-refractivity contribution < 1.29 is 23.8 Å². The number of esters is 1. The van der Waals surface area contributed by atoms with Gasteiger partial charge in [0.05, 0.1) is 17.2 Å². The number of hydrogen-bond acceptors (Lipinski definition) is 5. The maximum Gasteiger partial charge on any atom is 0.338 e. The molecule has 1 fully saturated rings. The van der Waals surface area contributed by atoms with E-state index < -0.39 is 30.0 Å². The number of ether oxygens (including phenoxy) is 3. The normalized spacial score (nSPS) is 27.0. The zero-order valence-electron chi connectivity index (χ0n) is 16.3. The predicted molar refractivity (Wildman–Crippen MR) is 104 cm³/mol. The van der Waals surface area contributed by atoms with Crippen LogP contribution in [0.15, 0.2) is 60.7 Å². The van der Waals surface area contributed by atoms with Crippen LogP contribution in [0.25, 0.3) is 0 Å². The number of amides is 1. The van der Waals surface area contributed by atoms with E-state index in [4.69, 9.17) is 14.2 Å². The number of carbonyl (C=O) groups is 2. The largest absolute Gasteiger partial charge is 0.454 e. The molecule has 148 valence electrons. The minimum absolute atomic E-state index is 0.243. The van der Waals surface area contributed by atoms with Crippen LogP contribution >= 0.6 is 0 Å². The standard InChI is InChI=1S/C22H25NO5/c1-15-19(28-21(25)17-12-8-5-9-13-17)22(2,14-18(26-3)27-15)23-20(24)16-10-6-4-7-11-16/h4-13,15,18-19H,14H2,1-3H3,(H,23,24). The number of benzene rings is 2. The van der Waals surface area contributed by atoms with Crippen LogP contribution in [0.3, 0.4) is 0 Å². The molecule has 1 N–H and O–H groups in total. The van der Waals surface area contributed by atoms with Gasteiger partial charge in [-0.3, -0.25) is 4.79 Å². The molecule has 3 rings (SSSR count). The highest BCUT2D eigenvalue weighted by Crippen LogP contribution is 2.32. The quantitative estimate of drug-likeness (QED) is 0.803. The molecule has 0 aromatic heterocycles. The van der Waals surface area contributed by atoms with Gasteiger partial charge < -0.3 is 19.5 Å². The highest BCUT2D eigenvalue weighted by molar-refractivity contribution is 5.94. The van der Waals surface area contributed by atoms with Gasteiger partial charge in [0.2, 0.25) is 0 Å². The van der Waals surface area contributed by atoms with Crippen molar-refractivity contribution in [2.45, 2.75) is 44.3 Å². The molecule has 4 atom stereocenters. The second kappa shape index (κ2) is 8.54. The Bertz CT molecular complexity index is 810. The van der Waals surface area contributed by atoms with E-state index in [2.05, 4.69) is 5.32 Å². The first kappa shape index (κ1) is 20.0. The van der Waals surface area contributed by atoms with Gasteiger partial charge in [0, 0.05) is 19.1 Å². The monoisotopic (exact) mass is 383 g/mol. The van der Waals surface area contributed by atoms with Gasteiger partial charge in [0.15, 0.2) is 12.4 Å². The molecule has 1 aliphatic rings. The number of rotatable bonds is 5. The summed E-state index contributed by atoms with van der Waals surface area (Å²) >= 11 is 0. The fraction of sp³-hybridized carbons (Fsp3) is 0.364. The molecule has 1 amide bonds. The lowest BCUT2D eigenvalue weighted by atomic mass is 9.84. The van der Waals surface area contributed by atoms with E-state index in [-0.39, 0.29) is 5.91 Å². The summed E-state index contributed by atoms with van der Waals surface area (Å²) in [4.78, 5) is 25.4. The Morgan fingerprint density at radius 1 is 1.04 bits per heavy atom. The van der Waals surface area contributed by atoms with Crippen molar-refractivity contribution in [2.75, 3.05) is 7.11 Å². The third-order valence-electron chi connectivity index (χ3n) is 4.95. The van der Waals surface area contributed by atoms with Gasteiger partial charge in [0.25, 0.3) is 5.91 Å². The van der Waals surface area contributed by atoms with Gasteiger partial charge in [-0.05, 0) is 38.1 Å². The maximum absolute atomic E-state index is 12.8. The molecule has 6 nitrogen and oxygen atoms in total. The first-order valence-electron chi connectivity index (χ1n) is 9.25. The van der Waals surface area contributed by atoms with Gasteiger partial charge in [0.1, 0.15) is 0 Å². The summed E-state index contributed by atoms with van der Waals surface area (Å²) in [5.74, 6) is -0.704. The fourth-order valence-corrected chi connectivity index (χ4v) is 3.50. The molecule has 0 radical (unpaired) electrons. The number of nitrogens with one attached hydrogen (secondary N) is 1. The van der Waals surface area contributed by atoms with E-state index in [9.17, 15) is 9.59 Å². The zero-order chi connectivity index (χ0) is 20.1. The third kappa shape index (κ3) is 4.40. The molecule has 0 saturated carbocycles. The molecule has 4 unspecified atom stereocenters. The third-order valence-corrected chi connectivity index (χ3v) is 4.95. The first-order valence-corrected chi connectivity index (χ1v) is 9.25. The maximum atomic E-state index is 12.8. The van der Waals surface area contributed by atoms with Crippen LogP contribution in [0.4, 0.5) is 0 Å². The second-order valence-corrected chi connectivity index (χ2v) is 7.14. The van der Waals surface area contributed by atoms with Crippen molar-refractivity contribution >= 4 is 11.9 Å². The van der Waals surface area contributed by atoms with Gasteiger partial charge >= 0.3 is 5.97 Å². The Morgan fingerprint density at radius 3 is 2.18 bits per heavy atom. The Balaban J connectivity index is 1.84.